The number of aliphatic hydroxyl groups excluding tert-OH is 1. The molecule has 0 amide bonds. The third kappa shape index (κ3) is 4.01. The molecular formula is C15H23NO3. The van der Waals surface area contributed by atoms with Crippen molar-refractivity contribution in [2.24, 2.45) is 0 Å². The number of rotatable bonds is 7. The molecule has 0 aromatic heterocycles. The highest BCUT2D eigenvalue weighted by atomic mass is 16.5. The van der Waals surface area contributed by atoms with Crippen molar-refractivity contribution in [1.82, 2.24) is 5.32 Å². The second-order valence-corrected chi connectivity index (χ2v) is 4.88. The molecule has 0 bridgehead atoms. The summed E-state index contributed by atoms with van der Waals surface area (Å²) in [5.41, 5.74) is 2.66. The molecule has 4 nitrogen and oxygen atoms in total. The molecule has 1 aliphatic heterocycles. The van der Waals surface area contributed by atoms with Gasteiger partial charge in [0.2, 0.25) is 0 Å². The number of methoxy groups -OCH3 is 1. The fourth-order valence-electron chi connectivity index (χ4n) is 2.52. The summed E-state index contributed by atoms with van der Waals surface area (Å²) < 4.78 is 11.0. The standard InChI is InChI=1S/C15H23NO3/c1-18-11-13(6-8-17)16-10-15-14-5-3-2-4-12(14)7-9-19-15/h2-5,13,15-17H,6-11H2,1H3. The Hall–Kier alpha value is -0.940. The van der Waals surface area contributed by atoms with Crippen LogP contribution in [-0.2, 0) is 15.9 Å². The van der Waals surface area contributed by atoms with Crippen molar-refractivity contribution in [3.8, 4) is 0 Å². The summed E-state index contributed by atoms with van der Waals surface area (Å²) in [5.74, 6) is 0. The van der Waals surface area contributed by atoms with E-state index in [1.54, 1.807) is 7.11 Å². The van der Waals surface area contributed by atoms with Crippen LogP contribution in [0.1, 0.15) is 23.7 Å². The van der Waals surface area contributed by atoms with Crippen LogP contribution in [0.25, 0.3) is 0 Å². The predicted octanol–water partition coefficient (Wildman–Crippen LogP) is 1.29. The summed E-state index contributed by atoms with van der Waals surface area (Å²) in [6, 6.07) is 8.62. The van der Waals surface area contributed by atoms with Crippen LogP contribution in [0.4, 0.5) is 0 Å². The van der Waals surface area contributed by atoms with Crippen molar-refractivity contribution in [3.05, 3.63) is 35.4 Å². The minimum atomic E-state index is 0.1000. The lowest BCUT2D eigenvalue weighted by Gasteiger charge is -2.28. The van der Waals surface area contributed by atoms with Crippen LogP contribution in [0, 0.1) is 0 Å². The van der Waals surface area contributed by atoms with E-state index in [1.807, 2.05) is 0 Å². The van der Waals surface area contributed by atoms with Crippen LogP contribution in [-0.4, -0.2) is 44.6 Å². The Labute approximate surface area is 114 Å². The third-order valence-corrected chi connectivity index (χ3v) is 3.53. The van der Waals surface area contributed by atoms with E-state index in [4.69, 9.17) is 14.6 Å². The number of nitrogens with one attached hydrogen (secondary N) is 1. The Morgan fingerprint density at radius 1 is 1.47 bits per heavy atom. The van der Waals surface area contributed by atoms with Crippen molar-refractivity contribution in [1.29, 1.82) is 0 Å². The van der Waals surface area contributed by atoms with Crippen molar-refractivity contribution in [2.75, 3.05) is 33.5 Å². The van der Waals surface area contributed by atoms with E-state index in [-0.39, 0.29) is 18.8 Å². The quantitative estimate of drug-likeness (QED) is 0.780. The first-order valence-corrected chi connectivity index (χ1v) is 6.87. The van der Waals surface area contributed by atoms with Gasteiger partial charge < -0.3 is 19.9 Å². The first-order valence-electron chi connectivity index (χ1n) is 6.87. The van der Waals surface area contributed by atoms with Gasteiger partial charge in [0.1, 0.15) is 0 Å². The molecule has 106 valence electrons. The topological polar surface area (TPSA) is 50.7 Å². The molecule has 2 N–H and O–H groups in total. The summed E-state index contributed by atoms with van der Waals surface area (Å²) in [4.78, 5) is 0. The highest BCUT2D eigenvalue weighted by Gasteiger charge is 2.21. The maximum Gasteiger partial charge on any atom is 0.0952 e. The molecule has 19 heavy (non-hydrogen) atoms. The highest BCUT2D eigenvalue weighted by molar-refractivity contribution is 5.31. The van der Waals surface area contributed by atoms with E-state index < -0.39 is 0 Å². The molecule has 0 aliphatic carbocycles. The zero-order valence-electron chi connectivity index (χ0n) is 11.5. The van der Waals surface area contributed by atoms with Crippen molar-refractivity contribution in [3.63, 3.8) is 0 Å². The molecule has 2 rings (SSSR count). The molecule has 0 saturated carbocycles. The van der Waals surface area contributed by atoms with Crippen LogP contribution in [0.15, 0.2) is 24.3 Å². The predicted molar refractivity (Wildman–Crippen MR) is 74.2 cm³/mol. The molecule has 0 saturated heterocycles. The van der Waals surface area contributed by atoms with Gasteiger partial charge in [-0.15, -0.1) is 0 Å². The highest BCUT2D eigenvalue weighted by Crippen LogP contribution is 2.26. The largest absolute Gasteiger partial charge is 0.396 e. The molecule has 0 fully saturated rings. The number of fused-ring (bicyclic) bond motifs is 1. The molecule has 2 atom stereocenters. The van der Waals surface area contributed by atoms with Gasteiger partial charge in [0.05, 0.1) is 19.3 Å². The molecule has 1 aliphatic rings. The number of hydrogen-bond donors (Lipinski definition) is 2. The van der Waals surface area contributed by atoms with Gasteiger partial charge in [0, 0.05) is 26.3 Å². The summed E-state index contributed by atoms with van der Waals surface area (Å²) in [7, 11) is 1.68. The Kier molecular flexibility index (Phi) is 5.79. The number of ether oxygens (including phenoxy) is 2. The van der Waals surface area contributed by atoms with Crippen molar-refractivity contribution in [2.45, 2.75) is 25.0 Å². The van der Waals surface area contributed by atoms with Gasteiger partial charge in [-0.25, -0.2) is 0 Å². The van der Waals surface area contributed by atoms with Crippen LogP contribution < -0.4 is 5.32 Å². The lowest BCUT2D eigenvalue weighted by molar-refractivity contribution is 0.0367. The van der Waals surface area contributed by atoms with E-state index in [0.29, 0.717) is 13.0 Å². The van der Waals surface area contributed by atoms with E-state index in [0.717, 1.165) is 19.6 Å². The molecule has 1 aromatic carbocycles. The molecule has 4 heteroatoms. The Balaban J connectivity index is 1.92. The van der Waals surface area contributed by atoms with Crippen LogP contribution in [0.2, 0.25) is 0 Å². The monoisotopic (exact) mass is 265 g/mol. The molecule has 0 spiro atoms. The van der Waals surface area contributed by atoms with Crippen molar-refractivity contribution < 1.29 is 14.6 Å². The Bertz CT molecular complexity index is 377. The van der Waals surface area contributed by atoms with Crippen LogP contribution in [0.5, 0.6) is 0 Å². The molecular weight excluding hydrogens is 242 g/mol. The average molecular weight is 265 g/mol. The zero-order valence-corrected chi connectivity index (χ0v) is 11.5. The summed E-state index contributed by atoms with van der Waals surface area (Å²) in [5, 5.41) is 12.5. The van der Waals surface area contributed by atoms with Gasteiger partial charge in [-0.1, -0.05) is 24.3 Å². The first kappa shape index (κ1) is 14.5. The number of benzene rings is 1. The van der Waals surface area contributed by atoms with E-state index in [1.165, 1.54) is 11.1 Å². The minimum absolute atomic E-state index is 0.1000. The summed E-state index contributed by atoms with van der Waals surface area (Å²) in [6.07, 6.45) is 1.79. The number of hydrogen-bond acceptors (Lipinski definition) is 4. The average Bonchev–Trinajstić information content (AvgIpc) is 2.45. The fourth-order valence-corrected chi connectivity index (χ4v) is 2.52. The second kappa shape index (κ2) is 7.60. The number of aliphatic hydroxyl groups is 1. The van der Waals surface area contributed by atoms with E-state index in [2.05, 4.69) is 29.6 Å². The zero-order chi connectivity index (χ0) is 13.5. The van der Waals surface area contributed by atoms with Gasteiger partial charge in [0.15, 0.2) is 0 Å². The second-order valence-electron chi connectivity index (χ2n) is 4.88. The van der Waals surface area contributed by atoms with Gasteiger partial charge >= 0.3 is 0 Å². The minimum Gasteiger partial charge on any atom is -0.396 e. The fraction of sp³-hybridized carbons (Fsp3) is 0.600. The van der Waals surface area contributed by atoms with Crippen LogP contribution >= 0.6 is 0 Å². The Morgan fingerprint density at radius 2 is 2.32 bits per heavy atom. The van der Waals surface area contributed by atoms with Gasteiger partial charge in [-0.2, -0.15) is 0 Å². The van der Waals surface area contributed by atoms with Crippen molar-refractivity contribution >= 4 is 0 Å². The SMILES string of the molecule is COCC(CCO)NCC1OCCc2ccccc21. The van der Waals surface area contributed by atoms with Gasteiger partial charge in [0.25, 0.3) is 0 Å². The lowest BCUT2D eigenvalue weighted by Crippen LogP contribution is -2.38. The Morgan fingerprint density at radius 3 is 3.11 bits per heavy atom. The van der Waals surface area contributed by atoms with E-state index in [9.17, 15) is 0 Å². The lowest BCUT2D eigenvalue weighted by atomic mass is 9.97. The van der Waals surface area contributed by atoms with Crippen LogP contribution in [0.3, 0.4) is 0 Å². The van der Waals surface area contributed by atoms with Gasteiger partial charge in [-0.05, 0) is 24.0 Å². The normalized spacial score (nSPS) is 20.0. The summed E-state index contributed by atoms with van der Waals surface area (Å²) >= 11 is 0. The molecule has 1 heterocycles. The molecule has 2 unspecified atom stereocenters. The van der Waals surface area contributed by atoms with E-state index >= 15 is 0 Å². The third-order valence-electron chi connectivity index (χ3n) is 3.53. The molecule has 1 aromatic rings. The first-order chi connectivity index (χ1) is 9.35. The smallest absolute Gasteiger partial charge is 0.0952 e. The maximum absolute atomic E-state index is 9.03. The maximum atomic E-state index is 9.03. The van der Waals surface area contributed by atoms with Gasteiger partial charge in [-0.3, -0.25) is 0 Å². The summed E-state index contributed by atoms with van der Waals surface area (Å²) in [6.45, 7) is 2.31. The molecule has 0 radical (unpaired) electrons.